The minimum Gasteiger partial charge on any atom is -0.340 e. The van der Waals surface area contributed by atoms with Crippen LogP contribution in [0.15, 0.2) is 18.3 Å². The molecule has 0 unspecified atom stereocenters. The summed E-state index contributed by atoms with van der Waals surface area (Å²) in [6, 6.07) is 3.98. The Morgan fingerprint density at radius 1 is 1.33 bits per heavy atom. The van der Waals surface area contributed by atoms with Crippen molar-refractivity contribution in [3.05, 3.63) is 24.2 Å². The lowest BCUT2D eigenvalue weighted by Crippen LogP contribution is -2.09. The van der Waals surface area contributed by atoms with Gasteiger partial charge in [0.15, 0.2) is 5.65 Å². The van der Waals surface area contributed by atoms with Crippen molar-refractivity contribution in [3.63, 3.8) is 0 Å². The molecule has 0 spiro atoms. The normalized spacial score (nSPS) is 18.4. The van der Waals surface area contributed by atoms with Crippen molar-refractivity contribution in [2.75, 3.05) is 11.5 Å². The van der Waals surface area contributed by atoms with Gasteiger partial charge >= 0.3 is 0 Å². The second kappa shape index (κ2) is 3.85. The highest BCUT2D eigenvalue weighted by molar-refractivity contribution is 7.99. The molecule has 78 valence electrons. The zero-order valence-corrected chi connectivity index (χ0v) is 9.26. The number of hydrogen-bond donors (Lipinski definition) is 1. The molecule has 1 N–H and O–H groups in total. The molecule has 0 saturated carbocycles. The molecule has 15 heavy (non-hydrogen) atoms. The van der Waals surface area contributed by atoms with E-state index in [1.54, 1.807) is 6.20 Å². The Morgan fingerprint density at radius 2 is 2.20 bits per heavy atom. The van der Waals surface area contributed by atoms with Crippen LogP contribution in [0.5, 0.6) is 0 Å². The standard InChI is InChI=1S/C11H13N3S/c1-2-9-11(12-5-1)14-10(13-9)8-3-6-15-7-4-8/h1-2,5,8H,3-4,6-7H2,(H,12,13,14). The van der Waals surface area contributed by atoms with Gasteiger partial charge in [-0.3, -0.25) is 0 Å². The highest BCUT2D eigenvalue weighted by Crippen LogP contribution is 2.30. The number of thioether (sulfide) groups is 1. The first kappa shape index (κ1) is 9.21. The number of nitrogens with one attached hydrogen (secondary N) is 1. The molecule has 1 aliphatic rings. The van der Waals surface area contributed by atoms with Crippen molar-refractivity contribution in [3.8, 4) is 0 Å². The van der Waals surface area contributed by atoms with Gasteiger partial charge < -0.3 is 4.98 Å². The molecule has 0 aromatic carbocycles. The van der Waals surface area contributed by atoms with E-state index < -0.39 is 0 Å². The van der Waals surface area contributed by atoms with Crippen LogP contribution in [-0.2, 0) is 0 Å². The van der Waals surface area contributed by atoms with Crippen LogP contribution in [0, 0.1) is 0 Å². The first-order valence-electron chi connectivity index (χ1n) is 5.32. The smallest absolute Gasteiger partial charge is 0.177 e. The maximum atomic E-state index is 4.56. The van der Waals surface area contributed by atoms with Gasteiger partial charge in [0.25, 0.3) is 0 Å². The summed E-state index contributed by atoms with van der Waals surface area (Å²) in [6.45, 7) is 0. The number of aromatic nitrogens is 3. The highest BCUT2D eigenvalue weighted by atomic mass is 32.2. The fourth-order valence-corrected chi connectivity index (χ4v) is 3.13. The Kier molecular flexibility index (Phi) is 2.37. The third kappa shape index (κ3) is 1.74. The monoisotopic (exact) mass is 219 g/mol. The van der Waals surface area contributed by atoms with E-state index in [2.05, 4.69) is 15.0 Å². The minimum absolute atomic E-state index is 0.612. The van der Waals surface area contributed by atoms with E-state index in [1.165, 1.54) is 24.3 Å². The van der Waals surface area contributed by atoms with E-state index in [9.17, 15) is 0 Å². The molecule has 1 aliphatic heterocycles. The van der Waals surface area contributed by atoms with Crippen molar-refractivity contribution in [1.29, 1.82) is 0 Å². The van der Waals surface area contributed by atoms with E-state index in [1.807, 2.05) is 23.9 Å². The molecule has 3 nitrogen and oxygen atoms in total. The van der Waals surface area contributed by atoms with Crippen LogP contribution < -0.4 is 0 Å². The van der Waals surface area contributed by atoms with Gasteiger partial charge in [0.2, 0.25) is 0 Å². The molecule has 2 aromatic heterocycles. The molecule has 0 aliphatic carbocycles. The summed E-state index contributed by atoms with van der Waals surface area (Å²) in [7, 11) is 0. The maximum Gasteiger partial charge on any atom is 0.177 e. The van der Waals surface area contributed by atoms with Crippen LogP contribution in [0.1, 0.15) is 24.6 Å². The van der Waals surface area contributed by atoms with Crippen molar-refractivity contribution in [2.24, 2.45) is 0 Å². The number of fused-ring (bicyclic) bond motifs is 1. The van der Waals surface area contributed by atoms with Crippen molar-refractivity contribution < 1.29 is 0 Å². The Bertz CT molecular complexity index is 427. The van der Waals surface area contributed by atoms with Crippen molar-refractivity contribution in [2.45, 2.75) is 18.8 Å². The van der Waals surface area contributed by atoms with Crippen LogP contribution in [0.2, 0.25) is 0 Å². The number of rotatable bonds is 1. The van der Waals surface area contributed by atoms with E-state index >= 15 is 0 Å². The molecule has 3 rings (SSSR count). The number of aromatic amines is 1. The molecule has 1 saturated heterocycles. The van der Waals surface area contributed by atoms with E-state index in [-0.39, 0.29) is 0 Å². The number of pyridine rings is 1. The molecular formula is C11H13N3S. The molecule has 0 atom stereocenters. The average Bonchev–Trinajstić information content (AvgIpc) is 2.74. The van der Waals surface area contributed by atoms with Gasteiger partial charge in [-0.1, -0.05) is 0 Å². The maximum absolute atomic E-state index is 4.56. The molecular weight excluding hydrogens is 206 g/mol. The van der Waals surface area contributed by atoms with E-state index in [0.717, 1.165) is 17.0 Å². The number of H-pyrrole nitrogens is 1. The van der Waals surface area contributed by atoms with Crippen molar-refractivity contribution in [1.82, 2.24) is 15.0 Å². The third-order valence-electron chi connectivity index (χ3n) is 2.88. The van der Waals surface area contributed by atoms with Crippen LogP contribution in [0.25, 0.3) is 11.2 Å². The van der Waals surface area contributed by atoms with Gasteiger partial charge in [0.05, 0.1) is 5.52 Å². The summed E-state index contributed by atoms with van der Waals surface area (Å²) in [6.07, 6.45) is 4.28. The Balaban J connectivity index is 1.96. The lowest BCUT2D eigenvalue weighted by atomic mass is 10.0. The number of hydrogen-bond acceptors (Lipinski definition) is 3. The van der Waals surface area contributed by atoms with Gasteiger partial charge in [-0.15, -0.1) is 0 Å². The number of nitrogens with zero attached hydrogens (tertiary/aromatic N) is 2. The summed E-state index contributed by atoms with van der Waals surface area (Å²) in [5.41, 5.74) is 1.91. The van der Waals surface area contributed by atoms with Crippen LogP contribution in [0.3, 0.4) is 0 Å². The van der Waals surface area contributed by atoms with Gasteiger partial charge in [-0.25, -0.2) is 9.97 Å². The van der Waals surface area contributed by atoms with Crippen LogP contribution >= 0.6 is 11.8 Å². The quantitative estimate of drug-likeness (QED) is 0.801. The number of imidazole rings is 1. The lowest BCUT2D eigenvalue weighted by Gasteiger charge is -2.18. The Hall–Kier alpha value is -1.03. The molecule has 3 heterocycles. The summed E-state index contributed by atoms with van der Waals surface area (Å²) < 4.78 is 0. The lowest BCUT2D eigenvalue weighted by molar-refractivity contribution is 0.607. The summed E-state index contributed by atoms with van der Waals surface area (Å²) in [4.78, 5) is 12.2. The predicted octanol–water partition coefficient (Wildman–Crippen LogP) is 2.57. The SMILES string of the molecule is c1cnc2nc(C3CCSCC3)[nH]c2c1. The fourth-order valence-electron chi connectivity index (χ4n) is 2.03. The van der Waals surface area contributed by atoms with Gasteiger partial charge in [0.1, 0.15) is 5.82 Å². The topological polar surface area (TPSA) is 41.6 Å². The molecule has 4 heteroatoms. The Morgan fingerprint density at radius 3 is 3.00 bits per heavy atom. The second-order valence-corrected chi connectivity index (χ2v) is 5.11. The first-order chi connectivity index (χ1) is 7.43. The first-order valence-corrected chi connectivity index (χ1v) is 6.47. The molecule has 0 bridgehead atoms. The van der Waals surface area contributed by atoms with Gasteiger partial charge in [-0.05, 0) is 36.5 Å². The third-order valence-corrected chi connectivity index (χ3v) is 3.93. The van der Waals surface area contributed by atoms with Crippen LogP contribution in [-0.4, -0.2) is 26.5 Å². The van der Waals surface area contributed by atoms with E-state index in [4.69, 9.17) is 0 Å². The van der Waals surface area contributed by atoms with Gasteiger partial charge in [0, 0.05) is 12.1 Å². The Labute approximate surface area is 92.7 Å². The van der Waals surface area contributed by atoms with Gasteiger partial charge in [-0.2, -0.15) is 11.8 Å². The predicted molar refractivity (Wildman–Crippen MR) is 63.2 cm³/mol. The summed E-state index contributed by atoms with van der Waals surface area (Å²) in [5, 5.41) is 0. The van der Waals surface area contributed by atoms with E-state index in [0.29, 0.717) is 5.92 Å². The molecule has 2 aromatic rings. The van der Waals surface area contributed by atoms with Crippen molar-refractivity contribution >= 4 is 22.9 Å². The zero-order chi connectivity index (χ0) is 10.1. The minimum atomic E-state index is 0.612. The molecule has 0 amide bonds. The fraction of sp³-hybridized carbons (Fsp3) is 0.455. The average molecular weight is 219 g/mol. The second-order valence-electron chi connectivity index (χ2n) is 3.88. The summed E-state index contributed by atoms with van der Waals surface area (Å²) in [5.74, 6) is 4.26. The highest BCUT2D eigenvalue weighted by Gasteiger charge is 2.19. The molecule has 0 radical (unpaired) electrons. The zero-order valence-electron chi connectivity index (χ0n) is 8.44. The van der Waals surface area contributed by atoms with Crippen LogP contribution in [0.4, 0.5) is 0 Å². The molecule has 1 fully saturated rings. The summed E-state index contributed by atoms with van der Waals surface area (Å²) >= 11 is 2.04. The largest absolute Gasteiger partial charge is 0.340 e.